The van der Waals surface area contributed by atoms with Gasteiger partial charge in [-0.15, -0.1) is 0 Å². The lowest BCUT2D eigenvalue weighted by Crippen LogP contribution is -2.27. The van der Waals surface area contributed by atoms with E-state index in [1.165, 1.54) is 16.8 Å². The van der Waals surface area contributed by atoms with Gasteiger partial charge in [0.05, 0.1) is 11.0 Å². The molecule has 4 rings (SSSR count). The van der Waals surface area contributed by atoms with E-state index < -0.39 is 4.92 Å². The molecule has 1 N–H and O–H groups in total. The lowest BCUT2D eigenvalue weighted by Gasteiger charge is -2.14. The number of para-hydroxylation sites is 2. The second-order valence-electron chi connectivity index (χ2n) is 7.12. The van der Waals surface area contributed by atoms with Gasteiger partial charge in [0.1, 0.15) is 5.69 Å². The maximum atomic E-state index is 12.6. The molecular weight excluding hydrogens is 410 g/mol. The summed E-state index contributed by atoms with van der Waals surface area (Å²) in [6, 6.07) is 19.3. The molecule has 1 amide bonds. The van der Waals surface area contributed by atoms with Crippen molar-refractivity contribution in [1.29, 1.82) is 0 Å². The summed E-state index contributed by atoms with van der Waals surface area (Å²) in [5.41, 5.74) is 2.10. The third kappa shape index (κ3) is 4.67. The fourth-order valence-corrected chi connectivity index (χ4v) is 3.22. The molecule has 2 heterocycles. The molecule has 0 aliphatic carbocycles. The molecule has 32 heavy (non-hydrogen) atoms. The van der Waals surface area contributed by atoms with Crippen molar-refractivity contribution in [3.8, 4) is 11.4 Å². The average Bonchev–Trinajstić information content (AvgIpc) is 3.50. The first kappa shape index (κ1) is 20.9. The molecule has 0 radical (unpaired) electrons. The van der Waals surface area contributed by atoms with E-state index in [-0.39, 0.29) is 35.8 Å². The summed E-state index contributed by atoms with van der Waals surface area (Å²) in [6.45, 7) is 1.84. The molecule has 0 aliphatic heterocycles. The van der Waals surface area contributed by atoms with Gasteiger partial charge in [-0.3, -0.25) is 14.9 Å². The third-order valence-electron chi connectivity index (χ3n) is 4.93. The minimum Gasteiger partial charge on any atom is -0.464 e. The van der Waals surface area contributed by atoms with E-state index in [1.807, 2.05) is 60.3 Å². The van der Waals surface area contributed by atoms with Crippen molar-refractivity contribution in [3.05, 3.63) is 107 Å². The zero-order valence-electron chi connectivity index (χ0n) is 17.3. The minimum atomic E-state index is -0.510. The van der Waals surface area contributed by atoms with Crippen molar-refractivity contribution < 1.29 is 14.5 Å². The summed E-state index contributed by atoms with van der Waals surface area (Å²) in [5, 5.41) is 18.2. The summed E-state index contributed by atoms with van der Waals surface area (Å²) in [5.74, 6) is -0.188. The van der Waals surface area contributed by atoms with Crippen molar-refractivity contribution in [1.82, 2.24) is 19.7 Å². The maximum absolute atomic E-state index is 12.6. The number of nitrogens with zero attached hydrogens (tertiary/aromatic N) is 4. The molecule has 0 saturated carbocycles. The van der Waals surface area contributed by atoms with Crippen molar-refractivity contribution in [3.63, 3.8) is 0 Å². The van der Waals surface area contributed by atoms with Gasteiger partial charge in [0.15, 0.2) is 12.5 Å². The Hall–Kier alpha value is -4.40. The summed E-state index contributed by atoms with van der Waals surface area (Å²) in [4.78, 5) is 23.2. The predicted octanol–water partition coefficient (Wildman–Crippen LogP) is 4.11. The Morgan fingerprint density at radius 2 is 1.78 bits per heavy atom. The molecular formula is C23H21N5O4. The number of rotatable bonds is 8. The molecule has 0 saturated heterocycles. The van der Waals surface area contributed by atoms with Crippen LogP contribution < -0.4 is 10.1 Å². The van der Waals surface area contributed by atoms with Crippen LogP contribution in [0.15, 0.2) is 85.3 Å². The number of amides is 1. The van der Waals surface area contributed by atoms with Crippen LogP contribution in [0.5, 0.6) is 5.75 Å². The highest BCUT2D eigenvalue weighted by Gasteiger charge is 2.16. The SMILES string of the molecule is CC(NC(=O)c1ccn(COc2ccccc2[N+](=O)[O-])n1)c1ccc(-n2cccc2)cc1. The molecule has 2 aromatic heterocycles. The van der Waals surface area contributed by atoms with E-state index in [2.05, 4.69) is 10.4 Å². The highest BCUT2D eigenvalue weighted by Crippen LogP contribution is 2.26. The van der Waals surface area contributed by atoms with E-state index in [0.29, 0.717) is 0 Å². The number of aromatic nitrogens is 3. The molecule has 9 heteroatoms. The van der Waals surface area contributed by atoms with Crippen LogP contribution in [0.2, 0.25) is 0 Å². The summed E-state index contributed by atoms with van der Waals surface area (Å²) in [7, 11) is 0. The lowest BCUT2D eigenvalue weighted by molar-refractivity contribution is -0.386. The van der Waals surface area contributed by atoms with Crippen LogP contribution >= 0.6 is 0 Å². The average molecular weight is 431 g/mol. The first-order valence-electron chi connectivity index (χ1n) is 9.95. The van der Waals surface area contributed by atoms with Gasteiger partial charge < -0.3 is 14.6 Å². The molecule has 0 spiro atoms. The van der Waals surface area contributed by atoms with Crippen LogP contribution in [0.4, 0.5) is 5.69 Å². The third-order valence-corrected chi connectivity index (χ3v) is 4.93. The van der Waals surface area contributed by atoms with Gasteiger partial charge in [-0.05, 0) is 48.9 Å². The number of nitro groups is 1. The van der Waals surface area contributed by atoms with E-state index >= 15 is 0 Å². The van der Waals surface area contributed by atoms with Crippen LogP contribution in [0.25, 0.3) is 5.69 Å². The number of ether oxygens (including phenoxy) is 1. The molecule has 1 unspecified atom stereocenters. The second-order valence-corrected chi connectivity index (χ2v) is 7.12. The Kier molecular flexibility index (Phi) is 5.98. The van der Waals surface area contributed by atoms with Gasteiger partial charge in [-0.2, -0.15) is 5.10 Å². The Labute approximate surface area is 184 Å². The van der Waals surface area contributed by atoms with Crippen molar-refractivity contribution in [2.75, 3.05) is 0 Å². The van der Waals surface area contributed by atoms with Crippen molar-refractivity contribution in [2.24, 2.45) is 0 Å². The van der Waals surface area contributed by atoms with Crippen molar-refractivity contribution >= 4 is 11.6 Å². The number of nitro benzene ring substituents is 1. The van der Waals surface area contributed by atoms with Gasteiger partial charge in [0.25, 0.3) is 5.91 Å². The summed E-state index contributed by atoms with van der Waals surface area (Å²) in [6.07, 6.45) is 5.52. The zero-order valence-corrected chi connectivity index (χ0v) is 17.3. The molecule has 162 valence electrons. The van der Waals surface area contributed by atoms with Gasteiger partial charge in [-0.1, -0.05) is 24.3 Å². The smallest absolute Gasteiger partial charge is 0.311 e. The van der Waals surface area contributed by atoms with Crippen LogP contribution in [-0.4, -0.2) is 25.2 Å². The fourth-order valence-electron chi connectivity index (χ4n) is 3.22. The topological polar surface area (TPSA) is 104 Å². The van der Waals surface area contributed by atoms with Crippen molar-refractivity contribution in [2.45, 2.75) is 19.7 Å². The highest BCUT2D eigenvalue weighted by molar-refractivity contribution is 5.92. The van der Waals surface area contributed by atoms with Crippen LogP contribution in [0.3, 0.4) is 0 Å². The summed E-state index contributed by atoms with van der Waals surface area (Å²) < 4.78 is 8.91. The second kappa shape index (κ2) is 9.17. The van der Waals surface area contributed by atoms with Gasteiger partial charge in [-0.25, -0.2) is 4.68 Å². The van der Waals surface area contributed by atoms with E-state index in [1.54, 1.807) is 24.4 Å². The van der Waals surface area contributed by atoms with E-state index in [4.69, 9.17) is 4.74 Å². The maximum Gasteiger partial charge on any atom is 0.311 e. The Morgan fingerprint density at radius 1 is 1.06 bits per heavy atom. The number of nitrogens with one attached hydrogen (secondary N) is 1. The Bertz CT molecular complexity index is 1220. The van der Waals surface area contributed by atoms with Gasteiger partial charge >= 0.3 is 5.69 Å². The monoisotopic (exact) mass is 431 g/mol. The number of carbonyl (C=O) groups excluding carboxylic acids is 1. The largest absolute Gasteiger partial charge is 0.464 e. The predicted molar refractivity (Wildman–Crippen MR) is 118 cm³/mol. The minimum absolute atomic E-state index is 0.0610. The molecule has 0 bridgehead atoms. The first-order valence-corrected chi connectivity index (χ1v) is 9.95. The highest BCUT2D eigenvalue weighted by atomic mass is 16.6. The molecule has 2 aromatic carbocycles. The van der Waals surface area contributed by atoms with Crippen LogP contribution in [0, 0.1) is 10.1 Å². The first-order chi connectivity index (χ1) is 15.5. The van der Waals surface area contributed by atoms with Gasteiger partial charge in [0, 0.05) is 30.3 Å². The van der Waals surface area contributed by atoms with E-state index in [0.717, 1.165) is 11.3 Å². The molecule has 9 nitrogen and oxygen atoms in total. The van der Waals surface area contributed by atoms with E-state index in [9.17, 15) is 14.9 Å². The molecule has 1 atom stereocenters. The fraction of sp³-hybridized carbons (Fsp3) is 0.130. The Balaban J connectivity index is 1.36. The zero-order chi connectivity index (χ0) is 22.5. The number of hydrogen-bond donors (Lipinski definition) is 1. The standard InChI is InChI=1S/C23H21N5O4/c1-17(18-8-10-19(11-9-18)26-13-4-5-14-26)24-23(29)20-12-15-27(25-20)16-32-22-7-3-2-6-21(22)28(30)31/h2-15,17H,16H2,1H3,(H,24,29). The Morgan fingerprint density at radius 3 is 2.50 bits per heavy atom. The molecule has 0 fully saturated rings. The number of benzene rings is 2. The molecule has 4 aromatic rings. The lowest BCUT2D eigenvalue weighted by atomic mass is 10.1. The van der Waals surface area contributed by atoms with Crippen LogP contribution in [0.1, 0.15) is 29.0 Å². The number of carbonyl (C=O) groups is 1. The summed E-state index contributed by atoms with van der Waals surface area (Å²) >= 11 is 0. The number of hydrogen-bond acceptors (Lipinski definition) is 5. The van der Waals surface area contributed by atoms with Gasteiger partial charge in [0.2, 0.25) is 0 Å². The normalized spacial score (nSPS) is 11.7. The quantitative estimate of drug-likeness (QED) is 0.334. The molecule has 0 aliphatic rings. The van der Waals surface area contributed by atoms with Crippen LogP contribution in [-0.2, 0) is 6.73 Å².